The van der Waals surface area contributed by atoms with Gasteiger partial charge in [-0.3, -0.25) is 13.9 Å². The Balaban J connectivity index is 2.37. The van der Waals surface area contributed by atoms with Crippen LogP contribution < -0.4 is 14.4 Å². The van der Waals surface area contributed by atoms with E-state index in [4.69, 9.17) is 4.74 Å². The van der Waals surface area contributed by atoms with Crippen LogP contribution in [0.5, 0.6) is 5.75 Å². The number of nitrogens with zero attached hydrogens (tertiary/aromatic N) is 2. The Bertz CT molecular complexity index is 1060. The smallest absolute Gasteiger partial charge is 0.244 e. The first-order valence-electron chi connectivity index (χ1n) is 10.5. The van der Waals surface area contributed by atoms with Crippen molar-refractivity contribution < 1.29 is 22.7 Å². The molecule has 180 valence electrons. The summed E-state index contributed by atoms with van der Waals surface area (Å²) < 4.78 is 31.9. The highest BCUT2D eigenvalue weighted by Gasteiger charge is 2.30. The summed E-state index contributed by atoms with van der Waals surface area (Å²) in [5, 5.41) is 2.80. The zero-order valence-corrected chi connectivity index (χ0v) is 21.6. The fourth-order valence-corrected chi connectivity index (χ4v) is 4.63. The molecule has 2 rings (SSSR count). The van der Waals surface area contributed by atoms with Gasteiger partial charge in [-0.1, -0.05) is 31.2 Å². The van der Waals surface area contributed by atoms with Gasteiger partial charge in [0.2, 0.25) is 21.8 Å². The summed E-state index contributed by atoms with van der Waals surface area (Å²) >= 11 is 3.36. The predicted octanol–water partition coefficient (Wildman–Crippen LogP) is 3.17. The molecule has 2 aromatic rings. The maximum atomic E-state index is 13.4. The van der Waals surface area contributed by atoms with Crippen LogP contribution in [0.4, 0.5) is 5.69 Å². The summed E-state index contributed by atoms with van der Waals surface area (Å²) in [5.41, 5.74) is 1.13. The number of halogens is 1. The molecular formula is C23H30BrN3O5S. The molecule has 0 aliphatic carbocycles. The summed E-state index contributed by atoms with van der Waals surface area (Å²) in [7, 11) is -2.21. The lowest BCUT2D eigenvalue weighted by atomic mass is 10.1. The van der Waals surface area contributed by atoms with Gasteiger partial charge in [-0.05, 0) is 59.1 Å². The van der Waals surface area contributed by atoms with Crippen LogP contribution in [-0.2, 0) is 26.2 Å². The highest BCUT2D eigenvalue weighted by Crippen LogP contribution is 2.28. The van der Waals surface area contributed by atoms with Crippen molar-refractivity contribution in [3.63, 3.8) is 0 Å². The minimum atomic E-state index is -3.77. The van der Waals surface area contributed by atoms with Gasteiger partial charge in [-0.25, -0.2) is 8.42 Å². The van der Waals surface area contributed by atoms with Gasteiger partial charge in [0.1, 0.15) is 18.3 Å². The molecule has 2 amide bonds. The molecular weight excluding hydrogens is 510 g/mol. The summed E-state index contributed by atoms with van der Waals surface area (Å²) in [5.74, 6) is -0.126. The normalized spacial score (nSPS) is 12.0. The van der Waals surface area contributed by atoms with Gasteiger partial charge in [0.05, 0.1) is 19.1 Å². The SMILES string of the molecule is CCCNC(=O)[C@@H](C)N(Cc1ccc(OC)cc1)C(=O)CN(c1ccccc1Br)S(C)(=O)=O. The first kappa shape index (κ1) is 26.7. The van der Waals surface area contributed by atoms with Crippen molar-refractivity contribution in [3.05, 3.63) is 58.6 Å². The Morgan fingerprint density at radius 1 is 1.12 bits per heavy atom. The van der Waals surface area contributed by atoms with Gasteiger partial charge in [-0.15, -0.1) is 0 Å². The first-order chi connectivity index (χ1) is 15.6. The predicted molar refractivity (Wildman–Crippen MR) is 133 cm³/mol. The van der Waals surface area contributed by atoms with Crippen molar-refractivity contribution in [2.24, 2.45) is 0 Å². The molecule has 0 saturated heterocycles. The van der Waals surface area contributed by atoms with Gasteiger partial charge in [0, 0.05) is 17.6 Å². The average molecular weight is 540 g/mol. The minimum absolute atomic E-state index is 0.136. The largest absolute Gasteiger partial charge is 0.497 e. The number of methoxy groups -OCH3 is 1. The molecule has 0 saturated carbocycles. The van der Waals surface area contributed by atoms with E-state index in [0.29, 0.717) is 22.5 Å². The Morgan fingerprint density at radius 2 is 1.76 bits per heavy atom. The van der Waals surface area contributed by atoms with Gasteiger partial charge in [-0.2, -0.15) is 0 Å². The lowest BCUT2D eigenvalue weighted by Gasteiger charge is -2.31. The third kappa shape index (κ3) is 7.46. The van der Waals surface area contributed by atoms with E-state index in [-0.39, 0.29) is 12.5 Å². The quantitative estimate of drug-likeness (QED) is 0.473. The van der Waals surface area contributed by atoms with Crippen molar-refractivity contribution in [2.75, 3.05) is 30.8 Å². The monoisotopic (exact) mass is 539 g/mol. The number of benzene rings is 2. The second-order valence-electron chi connectivity index (χ2n) is 7.56. The Kier molecular flexibility index (Phi) is 9.72. The topological polar surface area (TPSA) is 96.0 Å². The van der Waals surface area contributed by atoms with Crippen LogP contribution in [0.15, 0.2) is 53.0 Å². The molecule has 0 aromatic heterocycles. The molecule has 0 aliphatic rings. The number of rotatable bonds is 11. The number of carbonyl (C=O) groups excluding carboxylic acids is 2. The summed E-state index contributed by atoms with van der Waals surface area (Å²) in [6.07, 6.45) is 1.81. The minimum Gasteiger partial charge on any atom is -0.497 e. The standard InChI is InChI=1S/C23H30BrN3O5S/c1-5-14-25-23(29)17(2)26(15-18-10-12-19(32-3)13-11-18)22(28)16-27(33(4,30)31)21-9-7-6-8-20(21)24/h6-13,17H,5,14-16H2,1-4H3,(H,25,29)/t17-/m1/s1. The van der Waals surface area contributed by atoms with E-state index in [0.717, 1.165) is 22.5 Å². The number of carbonyl (C=O) groups is 2. The maximum absolute atomic E-state index is 13.4. The fourth-order valence-electron chi connectivity index (χ4n) is 3.15. The second kappa shape index (κ2) is 12.0. The summed E-state index contributed by atoms with van der Waals surface area (Å²) in [6, 6.07) is 13.1. The van der Waals surface area contributed by atoms with E-state index in [2.05, 4.69) is 21.2 Å². The van der Waals surface area contributed by atoms with Crippen LogP contribution in [0.2, 0.25) is 0 Å². The number of anilines is 1. The van der Waals surface area contributed by atoms with Crippen molar-refractivity contribution in [3.8, 4) is 5.75 Å². The van der Waals surface area contributed by atoms with Crippen LogP contribution in [0.1, 0.15) is 25.8 Å². The fraction of sp³-hybridized carbons (Fsp3) is 0.391. The number of nitrogens with one attached hydrogen (secondary N) is 1. The number of hydrogen-bond acceptors (Lipinski definition) is 5. The third-order valence-corrected chi connectivity index (χ3v) is 6.83. The molecule has 0 radical (unpaired) electrons. The molecule has 1 N–H and O–H groups in total. The van der Waals surface area contributed by atoms with Crippen molar-refractivity contribution in [1.82, 2.24) is 10.2 Å². The van der Waals surface area contributed by atoms with Crippen LogP contribution in [-0.4, -0.2) is 57.6 Å². The molecule has 0 unspecified atom stereocenters. The van der Waals surface area contributed by atoms with E-state index in [1.807, 2.05) is 6.92 Å². The highest BCUT2D eigenvalue weighted by molar-refractivity contribution is 9.10. The van der Waals surface area contributed by atoms with E-state index >= 15 is 0 Å². The van der Waals surface area contributed by atoms with Crippen molar-refractivity contribution in [2.45, 2.75) is 32.9 Å². The highest BCUT2D eigenvalue weighted by atomic mass is 79.9. The molecule has 0 bridgehead atoms. The molecule has 0 spiro atoms. The second-order valence-corrected chi connectivity index (χ2v) is 10.3. The third-order valence-electron chi connectivity index (χ3n) is 5.03. The van der Waals surface area contributed by atoms with E-state index in [9.17, 15) is 18.0 Å². The molecule has 8 nitrogen and oxygen atoms in total. The zero-order chi connectivity index (χ0) is 24.6. The average Bonchev–Trinajstić information content (AvgIpc) is 2.79. The number of ether oxygens (including phenoxy) is 1. The molecule has 0 aliphatic heterocycles. The molecule has 2 aromatic carbocycles. The van der Waals surface area contributed by atoms with E-state index in [1.54, 1.807) is 62.6 Å². The lowest BCUT2D eigenvalue weighted by molar-refractivity contribution is -0.139. The maximum Gasteiger partial charge on any atom is 0.244 e. The Morgan fingerprint density at radius 3 is 2.30 bits per heavy atom. The number of para-hydroxylation sites is 1. The van der Waals surface area contributed by atoms with Gasteiger partial charge >= 0.3 is 0 Å². The molecule has 33 heavy (non-hydrogen) atoms. The van der Waals surface area contributed by atoms with E-state index in [1.165, 1.54) is 4.90 Å². The van der Waals surface area contributed by atoms with Crippen molar-refractivity contribution in [1.29, 1.82) is 0 Å². The Labute approximate surface area is 204 Å². The van der Waals surface area contributed by atoms with Crippen LogP contribution in [0, 0.1) is 0 Å². The van der Waals surface area contributed by atoms with Crippen molar-refractivity contribution >= 4 is 43.5 Å². The molecule has 10 heteroatoms. The van der Waals surface area contributed by atoms with Gasteiger partial charge in [0.15, 0.2) is 0 Å². The molecule has 0 fully saturated rings. The summed E-state index contributed by atoms with van der Waals surface area (Å²) in [4.78, 5) is 27.5. The number of amides is 2. The van der Waals surface area contributed by atoms with Crippen LogP contribution in [0.3, 0.4) is 0 Å². The zero-order valence-electron chi connectivity index (χ0n) is 19.2. The lowest BCUT2D eigenvalue weighted by Crippen LogP contribution is -2.51. The summed E-state index contributed by atoms with van der Waals surface area (Å²) in [6.45, 7) is 3.75. The van der Waals surface area contributed by atoms with E-state index < -0.39 is 28.5 Å². The number of hydrogen-bond donors (Lipinski definition) is 1. The number of sulfonamides is 1. The molecule has 0 heterocycles. The first-order valence-corrected chi connectivity index (χ1v) is 13.1. The van der Waals surface area contributed by atoms with Crippen LogP contribution in [0.25, 0.3) is 0 Å². The Hall–Kier alpha value is -2.59. The molecule has 1 atom stereocenters. The van der Waals surface area contributed by atoms with Gasteiger partial charge in [0.25, 0.3) is 0 Å². The van der Waals surface area contributed by atoms with Gasteiger partial charge < -0.3 is 15.0 Å². The van der Waals surface area contributed by atoms with Crippen LogP contribution >= 0.6 is 15.9 Å².